The number of para-hydroxylation sites is 1. The quantitative estimate of drug-likeness (QED) is 0.222. The Bertz CT molecular complexity index is 999. The molecule has 180 valence electrons. The SMILES string of the molecule is CCSC(=Nc1ccccc1C(C)CC)N(Cc1ccc(OC)cc1)Cc1ccc(OC)cc1. The van der Waals surface area contributed by atoms with Crippen molar-refractivity contribution in [1.29, 1.82) is 0 Å². The minimum atomic E-state index is 0.462. The van der Waals surface area contributed by atoms with Gasteiger partial charge in [0.05, 0.1) is 19.9 Å². The summed E-state index contributed by atoms with van der Waals surface area (Å²) in [5.74, 6) is 3.14. The van der Waals surface area contributed by atoms with Crippen molar-refractivity contribution in [3.05, 3.63) is 89.5 Å². The molecule has 0 amide bonds. The smallest absolute Gasteiger partial charge is 0.164 e. The molecular formula is C29H36N2O2S. The number of thioether (sulfide) groups is 1. The highest BCUT2D eigenvalue weighted by Crippen LogP contribution is 2.31. The van der Waals surface area contributed by atoms with Gasteiger partial charge in [0.2, 0.25) is 0 Å². The molecule has 0 aliphatic heterocycles. The summed E-state index contributed by atoms with van der Waals surface area (Å²) < 4.78 is 10.7. The molecular weight excluding hydrogens is 440 g/mol. The van der Waals surface area contributed by atoms with Crippen molar-refractivity contribution in [2.45, 2.75) is 46.2 Å². The van der Waals surface area contributed by atoms with Crippen molar-refractivity contribution in [3.63, 3.8) is 0 Å². The van der Waals surface area contributed by atoms with E-state index in [9.17, 15) is 0 Å². The molecule has 0 aliphatic carbocycles. The minimum absolute atomic E-state index is 0.462. The summed E-state index contributed by atoms with van der Waals surface area (Å²) in [6.07, 6.45) is 1.09. The first-order valence-electron chi connectivity index (χ1n) is 11.9. The molecule has 34 heavy (non-hydrogen) atoms. The molecule has 0 spiro atoms. The van der Waals surface area contributed by atoms with Gasteiger partial charge in [-0.15, -0.1) is 0 Å². The topological polar surface area (TPSA) is 34.1 Å². The van der Waals surface area contributed by atoms with E-state index in [1.165, 1.54) is 16.7 Å². The van der Waals surface area contributed by atoms with Crippen molar-refractivity contribution >= 4 is 22.6 Å². The van der Waals surface area contributed by atoms with E-state index in [0.717, 1.165) is 47.6 Å². The zero-order chi connectivity index (χ0) is 24.3. The number of nitrogens with zero attached hydrogens (tertiary/aromatic N) is 2. The predicted molar refractivity (Wildman–Crippen MR) is 146 cm³/mol. The van der Waals surface area contributed by atoms with Gasteiger partial charge < -0.3 is 14.4 Å². The van der Waals surface area contributed by atoms with Crippen LogP contribution in [0.3, 0.4) is 0 Å². The maximum Gasteiger partial charge on any atom is 0.164 e. The Morgan fingerprint density at radius 1 is 0.824 bits per heavy atom. The lowest BCUT2D eigenvalue weighted by Crippen LogP contribution is -2.28. The van der Waals surface area contributed by atoms with Crippen LogP contribution in [-0.4, -0.2) is 30.0 Å². The molecule has 3 aromatic carbocycles. The molecule has 0 saturated carbocycles. The van der Waals surface area contributed by atoms with E-state index in [0.29, 0.717) is 5.92 Å². The average Bonchev–Trinajstić information content (AvgIpc) is 2.88. The average molecular weight is 477 g/mol. The molecule has 1 unspecified atom stereocenters. The highest BCUT2D eigenvalue weighted by molar-refractivity contribution is 8.13. The van der Waals surface area contributed by atoms with Crippen LogP contribution in [0.15, 0.2) is 77.8 Å². The van der Waals surface area contributed by atoms with Crippen LogP contribution in [0.4, 0.5) is 5.69 Å². The number of hydrogen-bond acceptors (Lipinski definition) is 4. The Balaban J connectivity index is 2.00. The predicted octanol–water partition coefficient (Wildman–Crippen LogP) is 7.66. The largest absolute Gasteiger partial charge is 0.497 e. The van der Waals surface area contributed by atoms with E-state index in [-0.39, 0.29) is 0 Å². The monoisotopic (exact) mass is 476 g/mol. The Hall–Kier alpha value is -2.92. The van der Waals surface area contributed by atoms with Crippen LogP contribution in [0, 0.1) is 0 Å². The summed E-state index contributed by atoms with van der Waals surface area (Å²) in [5.41, 5.74) is 4.79. The van der Waals surface area contributed by atoms with Crippen LogP contribution in [0.5, 0.6) is 11.5 Å². The number of ether oxygens (including phenoxy) is 2. The summed E-state index contributed by atoms with van der Waals surface area (Å²) in [7, 11) is 3.39. The van der Waals surface area contributed by atoms with Gasteiger partial charge in [0.25, 0.3) is 0 Å². The van der Waals surface area contributed by atoms with Crippen LogP contribution >= 0.6 is 11.8 Å². The molecule has 0 aliphatic rings. The molecule has 3 rings (SSSR count). The van der Waals surface area contributed by atoms with Crippen molar-refractivity contribution in [2.75, 3.05) is 20.0 Å². The second-order valence-corrected chi connectivity index (χ2v) is 9.48. The highest BCUT2D eigenvalue weighted by atomic mass is 32.2. The molecule has 0 bridgehead atoms. The van der Waals surface area contributed by atoms with Gasteiger partial charge >= 0.3 is 0 Å². The van der Waals surface area contributed by atoms with Crippen molar-refractivity contribution in [1.82, 2.24) is 4.90 Å². The molecule has 0 N–H and O–H groups in total. The zero-order valence-electron chi connectivity index (χ0n) is 21.0. The van der Waals surface area contributed by atoms with Crippen LogP contribution in [0.2, 0.25) is 0 Å². The second-order valence-electron chi connectivity index (χ2n) is 8.25. The maximum atomic E-state index is 5.35. The number of amidine groups is 1. The third-order valence-electron chi connectivity index (χ3n) is 5.91. The molecule has 0 heterocycles. The Morgan fingerprint density at radius 2 is 1.35 bits per heavy atom. The lowest BCUT2D eigenvalue weighted by Gasteiger charge is -2.27. The van der Waals surface area contributed by atoms with Gasteiger partial charge in [0.1, 0.15) is 11.5 Å². The lowest BCUT2D eigenvalue weighted by atomic mass is 9.97. The molecule has 4 nitrogen and oxygen atoms in total. The standard InChI is InChI=1S/C29H36N2O2S/c1-6-22(3)27-10-8-9-11-28(27)30-29(34-7-2)31(20-23-12-16-25(32-4)17-13-23)21-24-14-18-26(33-5)19-15-24/h8-19,22H,6-7,20-21H2,1-5H3. The van der Waals surface area contributed by atoms with Gasteiger partial charge in [0, 0.05) is 13.1 Å². The molecule has 5 heteroatoms. The fourth-order valence-corrected chi connectivity index (χ4v) is 4.48. The first kappa shape index (κ1) is 25.7. The maximum absolute atomic E-state index is 5.35. The molecule has 0 aromatic heterocycles. The third kappa shape index (κ3) is 7.04. The van der Waals surface area contributed by atoms with Crippen LogP contribution < -0.4 is 9.47 Å². The fraction of sp³-hybridized carbons (Fsp3) is 0.345. The van der Waals surface area contributed by atoms with Gasteiger partial charge in [-0.2, -0.15) is 0 Å². The first-order valence-corrected chi connectivity index (χ1v) is 12.9. The summed E-state index contributed by atoms with van der Waals surface area (Å²) in [6.45, 7) is 8.19. The number of rotatable bonds is 10. The normalized spacial score (nSPS) is 12.3. The zero-order valence-corrected chi connectivity index (χ0v) is 21.8. The highest BCUT2D eigenvalue weighted by Gasteiger charge is 2.16. The number of methoxy groups -OCH3 is 2. The Labute approximate surface area is 209 Å². The van der Waals surface area contributed by atoms with Gasteiger partial charge in [-0.1, -0.05) is 75.0 Å². The van der Waals surface area contributed by atoms with E-state index in [1.807, 2.05) is 24.3 Å². The molecule has 0 fully saturated rings. The van der Waals surface area contributed by atoms with Gasteiger partial charge in [0.15, 0.2) is 5.17 Å². The third-order valence-corrected chi connectivity index (χ3v) is 6.80. The summed E-state index contributed by atoms with van der Waals surface area (Å²) in [5, 5.41) is 1.03. The van der Waals surface area contributed by atoms with Gasteiger partial charge in [-0.25, -0.2) is 4.99 Å². The Morgan fingerprint density at radius 3 is 1.82 bits per heavy atom. The first-order chi connectivity index (χ1) is 16.6. The fourth-order valence-electron chi connectivity index (χ4n) is 3.75. The number of hydrogen-bond donors (Lipinski definition) is 0. The minimum Gasteiger partial charge on any atom is -0.497 e. The molecule has 3 aromatic rings. The van der Waals surface area contributed by atoms with E-state index in [2.05, 4.69) is 74.2 Å². The second kappa shape index (κ2) is 13.1. The van der Waals surface area contributed by atoms with E-state index in [1.54, 1.807) is 26.0 Å². The van der Waals surface area contributed by atoms with Gasteiger partial charge in [-0.3, -0.25) is 0 Å². The number of benzene rings is 3. The lowest BCUT2D eigenvalue weighted by molar-refractivity contribution is 0.405. The van der Waals surface area contributed by atoms with Crippen molar-refractivity contribution in [3.8, 4) is 11.5 Å². The molecule has 1 atom stereocenters. The van der Waals surface area contributed by atoms with Crippen LogP contribution in [-0.2, 0) is 13.1 Å². The van der Waals surface area contributed by atoms with Crippen LogP contribution in [0.1, 0.15) is 49.8 Å². The van der Waals surface area contributed by atoms with E-state index >= 15 is 0 Å². The summed E-state index contributed by atoms with van der Waals surface area (Å²) in [4.78, 5) is 7.60. The number of aliphatic imine (C=N–C) groups is 1. The Kier molecular flexibility index (Phi) is 9.89. The summed E-state index contributed by atoms with van der Waals surface area (Å²) in [6, 6.07) is 25.1. The van der Waals surface area contributed by atoms with Crippen LogP contribution in [0.25, 0.3) is 0 Å². The molecule has 0 saturated heterocycles. The van der Waals surface area contributed by atoms with E-state index < -0.39 is 0 Å². The van der Waals surface area contributed by atoms with Gasteiger partial charge in [-0.05, 0) is 65.1 Å². The summed E-state index contributed by atoms with van der Waals surface area (Å²) >= 11 is 1.79. The molecule has 0 radical (unpaired) electrons. The van der Waals surface area contributed by atoms with Crippen molar-refractivity contribution in [2.24, 2.45) is 4.99 Å². The van der Waals surface area contributed by atoms with Crippen molar-refractivity contribution < 1.29 is 9.47 Å². The van der Waals surface area contributed by atoms with E-state index in [4.69, 9.17) is 14.5 Å².